The molecule has 1 aliphatic rings. The molecule has 0 aliphatic carbocycles. The van der Waals surface area contributed by atoms with E-state index in [1.165, 1.54) is 0 Å². The number of carbonyl (C=O) groups excluding carboxylic acids is 1. The van der Waals surface area contributed by atoms with E-state index < -0.39 is 15.9 Å². The van der Waals surface area contributed by atoms with Crippen LogP contribution in [0.2, 0.25) is 0 Å². The van der Waals surface area contributed by atoms with Crippen molar-refractivity contribution in [1.82, 2.24) is 10.2 Å². The van der Waals surface area contributed by atoms with E-state index in [1.54, 1.807) is 7.11 Å². The summed E-state index contributed by atoms with van der Waals surface area (Å²) in [5, 5.41) is 3.01. The summed E-state index contributed by atoms with van der Waals surface area (Å²) in [6.07, 6.45) is 0. The Morgan fingerprint density at radius 2 is 1.75 bits per heavy atom. The van der Waals surface area contributed by atoms with Crippen molar-refractivity contribution in [2.45, 2.75) is 19.2 Å². The van der Waals surface area contributed by atoms with Gasteiger partial charge < -0.3 is 10.1 Å². The molecule has 2 aromatic carbocycles. The number of hydrogen-bond donors (Lipinski definition) is 1. The Balaban J connectivity index is 1.73. The molecule has 6 nitrogen and oxygen atoms in total. The van der Waals surface area contributed by atoms with Gasteiger partial charge in [0.15, 0.2) is 9.84 Å². The van der Waals surface area contributed by atoms with Gasteiger partial charge in [-0.1, -0.05) is 54.6 Å². The Morgan fingerprint density at radius 1 is 1.07 bits per heavy atom. The van der Waals surface area contributed by atoms with Crippen molar-refractivity contribution in [2.75, 3.05) is 31.7 Å². The number of rotatable bonds is 7. The smallest absolute Gasteiger partial charge is 0.242 e. The molecule has 0 radical (unpaired) electrons. The number of carbonyl (C=O) groups is 1. The maximum atomic E-state index is 13.1. The van der Waals surface area contributed by atoms with Crippen LogP contribution in [0.15, 0.2) is 54.6 Å². The number of hydrogen-bond acceptors (Lipinski definition) is 5. The van der Waals surface area contributed by atoms with Gasteiger partial charge in [-0.25, -0.2) is 8.42 Å². The van der Waals surface area contributed by atoms with E-state index >= 15 is 0 Å². The first-order valence-corrected chi connectivity index (χ1v) is 11.1. The molecule has 28 heavy (non-hydrogen) atoms. The van der Waals surface area contributed by atoms with Crippen LogP contribution in [0.1, 0.15) is 22.7 Å². The molecule has 0 spiro atoms. The monoisotopic (exact) mass is 402 g/mol. The van der Waals surface area contributed by atoms with Crippen molar-refractivity contribution >= 4 is 15.7 Å². The molecule has 1 fully saturated rings. The first kappa shape index (κ1) is 20.5. The number of benzene rings is 2. The van der Waals surface area contributed by atoms with Gasteiger partial charge >= 0.3 is 0 Å². The van der Waals surface area contributed by atoms with Crippen molar-refractivity contribution in [3.63, 3.8) is 0 Å². The largest absolute Gasteiger partial charge is 0.380 e. The van der Waals surface area contributed by atoms with E-state index in [0.717, 1.165) is 16.7 Å². The Hall–Kier alpha value is -2.22. The zero-order valence-corrected chi connectivity index (χ0v) is 16.8. The van der Waals surface area contributed by atoms with Crippen LogP contribution in [-0.4, -0.2) is 50.9 Å². The lowest BCUT2D eigenvalue weighted by Gasteiger charge is -2.33. The fraction of sp³-hybridized carbons (Fsp3) is 0.381. The highest BCUT2D eigenvalue weighted by molar-refractivity contribution is 7.91. The molecule has 0 saturated carbocycles. The first-order chi connectivity index (χ1) is 13.5. The number of methoxy groups -OCH3 is 1. The standard InChI is InChI=1S/C21H26N2O4S/c1-27-16-18-7-5-6-17(14-18)15-22-21(24)20(19-8-3-2-4-9-19)23-10-12-28(25,26)13-11-23/h2-9,14,20H,10-13,15-16H2,1H3,(H,22,24). The number of sulfone groups is 1. The predicted octanol–water partition coefficient (Wildman–Crippen LogP) is 1.92. The second kappa shape index (κ2) is 9.32. The van der Waals surface area contributed by atoms with E-state index in [2.05, 4.69) is 5.32 Å². The van der Waals surface area contributed by atoms with Crippen LogP contribution in [0.5, 0.6) is 0 Å². The summed E-state index contributed by atoms with van der Waals surface area (Å²) in [4.78, 5) is 15.0. The maximum absolute atomic E-state index is 13.1. The minimum Gasteiger partial charge on any atom is -0.380 e. The van der Waals surface area contributed by atoms with Crippen LogP contribution in [0.25, 0.3) is 0 Å². The summed E-state index contributed by atoms with van der Waals surface area (Å²) in [7, 11) is -1.36. The lowest BCUT2D eigenvalue weighted by atomic mass is 10.0. The second-order valence-corrected chi connectivity index (χ2v) is 9.28. The average molecular weight is 403 g/mol. The minimum absolute atomic E-state index is 0.0860. The van der Waals surface area contributed by atoms with Crippen LogP contribution >= 0.6 is 0 Å². The summed E-state index contributed by atoms with van der Waals surface area (Å²) in [6.45, 7) is 1.65. The van der Waals surface area contributed by atoms with Crippen LogP contribution in [0, 0.1) is 0 Å². The Labute approximate surface area is 166 Å². The van der Waals surface area contributed by atoms with E-state index in [9.17, 15) is 13.2 Å². The van der Waals surface area contributed by atoms with Gasteiger partial charge in [-0.15, -0.1) is 0 Å². The summed E-state index contributed by atoms with van der Waals surface area (Å²) >= 11 is 0. The molecule has 1 saturated heterocycles. The van der Waals surface area contributed by atoms with Crippen molar-refractivity contribution in [1.29, 1.82) is 0 Å². The van der Waals surface area contributed by atoms with Crippen molar-refractivity contribution in [3.8, 4) is 0 Å². The van der Waals surface area contributed by atoms with Gasteiger partial charge in [-0.05, 0) is 16.7 Å². The molecule has 1 N–H and O–H groups in total. The lowest BCUT2D eigenvalue weighted by molar-refractivity contribution is -0.126. The topological polar surface area (TPSA) is 75.7 Å². The zero-order valence-electron chi connectivity index (χ0n) is 16.0. The van der Waals surface area contributed by atoms with E-state index in [0.29, 0.717) is 26.2 Å². The van der Waals surface area contributed by atoms with Crippen LogP contribution in [0.3, 0.4) is 0 Å². The first-order valence-electron chi connectivity index (χ1n) is 9.32. The number of nitrogens with zero attached hydrogens (tertiary/aromatic N) is 1. The Bertz CT molecular complexity index is 886. The molecular formula is C21H26N2O4S. The number of nitrogens with one attached hydrogen (secondary N) is 1. The van der Waals surface area contributed by atoms with E-state index in [-0.39, 0.29) is 17.4 Å². The molecule has 2 aromatic rings. The fourth-order valence-electron chi connectivity index (χ4n) is 3.43. The summed E-state index contributed by atoms with van der Waals surface area (Å²) in [6, 6.07) is 16.9. The molecule has 1 unspecified atom stereocenters. The van der Waals surface area contributed by atoms with Crippen molar-refractivity contribution in [2.24, 2.45) is 0 Å². The van der Waals surface area contributed by atoms with Crippen molar-refractivity contribution in [3.05, 3.63) is 71.3 Å². The molecule has 1 aliphatic heterocycles. The highest BCUT2D eigenvalue weighted by atomic mass is 32.2. The molecule has 3 rings (SSSR count). The molecule has 7 heteroatoms. The van der Waals surface area contributed by atoms with Gasteiger partial charge in [0, 0.05) is 26.7 Å². The van der Waals surface area contributed by atoms with E-state index in [1.807, 2.05) is 59.5 Å². The second-order valence-electron chi connectivity index (χ2n) is 6.97. The highest BCUT2D eigenvalue weighted by Crippen LogP contribution is 2.23. The third-order valence-corrected chi connectivity index (χ3v) is 6.49. The SMILES string of the molecule is COCc1cccc(CNC(=O)C(c2ccccc2)N2CCS(=O)(=O)CC2)c1. The van der Waals surface area contributed by atoms with Crippen LogP contribution in [-0.2, 0) is 32.5 Å². The molecule has 150 valence electrons. The molecule has 0 aromatic heterocycles. The fourth-order valence-corrected chi connectivity index (χ4v) is 4.66. The van der Waals surface area contributed by atoms with Gasteiger partial charge in [0.2, 0.25) is 5.91 Å². The molecule has 0 bridgehead atoms. The van der Waals surface area contributed by atoms with Gasteiger partial charge in [-0.3, -0.25) is 9.69 Å². The van der Waals surface area contributed by atoms with Gasteiger partial charge in [0.05, 0.1) is 18.1 Å². The van der Waals surface area contributed by atoms with Gasteiger partial charge in [-0.2, -0.15) is 0 Å². The number of amides is 1. The minimum atomic E-state index is -3.01. The quantitative estimate of drug-likeness (QED) is 0.766. The normalized spacial score (nSPS) is 17.8. The third kappa shape index (κ3) is 5.41. The Kier molecular flexibility index (Phi) is 6.83. The van der Waals surface area contributed by atoms with Crippen molar-refractivity contribution < 1.29 is 17.9 Å². The van der Waals surface area contributed by atoms with Crippen LogP contribution in [0.4, 0.5) is 0 Å². The Morgan fingerprint density at radius 3 is 2.43 bits per heavy atom. The number of ether oxygens (including phenoxy) is 1. The van der Waals surface area contributed by atoms with Gasteiger partial charge in [0.25, 0.3) is 0 Å². The summed E-state index contributed by atoms with van der Waals surface area (Å²) < 4.78 is 28.7. The van der Waals surface area contributed by atoms with Gasteiger partial charge in [0.1, 0.15) is 6.04 Å². The zero-order chi connectivity index (χ0) is 20.0. The van der Waals surface area contributed by atoms with E-state index in [4.69, 9.17) is 4.74 Å². The predicted molar refractivity (Wildman–Crippen MR) is 108 cm³/mol. The van der Waals surface area contributed by atoms with Crippen LogP contribution < -0.4 is 5.32 Å². The lowest BCUT2D eigenvalue weighted by Crippen LogP contribution is -2.47. The molecule has 1 amide bonds. The summed E-state index contributed by atoms with van der Waals surface area (Å²) in [5.74, 6) is 0.0494. The molecular weight excluding hydrogens is 376 g/mol. The maximum Gasteiger partial charge on any atom is 0.242 e. The highest BCUT2D eigenvalue weighted by Gasteiger charge is 2.32. The molecule has 1 heterocycles. The average Bonchev–Trinajstić information content (AvgIpc) is 2.69. The third-order valence-electron chi connectivity index (χ3n) is 4.88. The molecule has 1 atom stereocenters. The summed E-state index contributed by atoms with van der Waals surface area (Å²) in [5.41, 5.74) is 2.92.